The van der Waals surface area contributed by atoms with E-state index in [0.29, 0.717) is 0 Å². The van der Waals surface area contributed by atoms with Gasteiger partial charge in [-0.15, -0.1) is 0 Å². The van der Waals surface area contributed by atoms with Gasteiger partial charge in [0.15, 0.2) is 0 Å². The Morgan fingerprint density at radius 1 is 1.09 bits per heavy atom. The van der Waals surface area contributed by atoms with Gasteiger partial charge in [0.25, 0.3) is 0 Å². The fourth-order valence-electron chi connectivity index (χ4n) is 1.23. The molecule has 0 amide bonds. The third kappa shape index (κ3) is 3.40. The second-order valence-electron chi connectivity index (χ2n) is 3.77. The number of hydrogen-bond acceptors (Lipinski definition) is 2. The van der Waals surface area contributed by atoms with Crippen LogP contribution in [-0.4, -0.2) is 47.5 Å². The second kappa shape index (κ2) is 4.28. The zero-order chi connectivity index (χ0) is 7.61. The first-order valence-corrected chi connectivity index (χ1v) is 7.38. The number of ether oxygens (including phenoxy) is 1. The average molecular weight is 170 g/mol. The van der Waals surface area contributed by atoms with Crippen LogP contribution in [-0.2, 0) is 4.74 Å². The molecule has 0 aromatic rings. The molecule has 1 aliphatic heterocycles. The van der Waals surface area contributed by atoms with Crippen LogP contribution in [0.25, 0.3) is 0 Å². The number of rotatable bonds is 1. The third-order valence-corrected chi connectivity index (χ3v) is 4.30. The fourth-order valence-corrected chi connectivity index (χ4v) is 2.76. The molecular formula is C7H17BNOSi. The van der Waals surface area contributed by atoms with E-state index < -0.39 is 8.24 Å². The Kier molecular flexibility index (Phi) is 4.36. The van der Waals surface area contributed by atoms with Crippen molar-refractivity contribution in [3.8, 4) is 0 Å². The molecule has 0 aromatic carbocycles. The zero-order valence-corrected chi connectivity index (χ0v) is 8.76. The average Bonchev–Trinajstić information content (AvgIpc) is 1.88. The molecule has 1 fully saturated rings. The van der Waals surface area contributed by atoms with Crippen LogP contribution in [0.3, 0.4) is 0 Å². The first kappa shape index (κ1) is 11.2. The highest BCUT2D eigenvalue weighted by Crippen LogP contribution is 2.10. The van der Waals surface area contributed by atoms with Crippen molar-refractivity contribution in [2.45, 2.75) is 19.6 Å². The van der Waals surface area contributed by atoms with Gasteiger partial charge in [0.05, 0.1) is 13.2 Å². The SMILES string of the molecule is C[Si](C)(C)N1CCOCC1.[B]. The summed E-state index contributed by atoms with van der Waals surface area (Å²) < 4.78 is 7.87. The lowest BCUT2D eigenvalue weighted by molar-refractivity contribution is 0.0693. The summed E-state index contributed by atoms with van der Waals surface area (Å²) in [6.45, 7) is 11.3. The van der Waals surface area contributed by atoms with E-state index in [1.54, 1.807) is 0 Å². The molecule has 1 rings (SSSR count). The van der Waals surface area contributed by atoms with Gasteiger partial charge in [0.2, 0.25) is 0 Å². The van der Waals surface area contributed by atoms with Gasteiger partial charge in [0, 0.05) is 21.5 Å². The monoisotopic (exact) mass is 170 g/mol. The summed E-state index contributed by atoms with van der Waals surface area (Å²) in [5.74, 6) is 0. The van der Waals surface area contributed by atoms with Crippen LogP contribution in [0.4, 0.5) is 0 Å². The molecule has 0 N–H and O–H groups in total. The number of hydrogen-bond donors (Lipinski definition) is 0. The summed E-state index contributed by atoms with van der Waals surface area (Å²) in [6.07, 6.45) is 0. The standard InChI is InChI=1S/C7H17NOSi.B/c1-10(2,3)8-4-6-9-7-5-8;/h4-7H2,1-3H3;. The van der Waals surface area contributed by atoms with Crippen molar-refractivity contribution in [3.05, 3.63) is 0 Å². The Labute approximate surface area is 72.6 Å². The van der Waals surface area contributed by atoms with Crippen LogP contribution in [0.5, 0.6) is 0 Å². The van der Waals surface area contributed by atoms with E-state index in [4.69, 9.17) is 4.74 Å². The quantitative estimate of drug-likeness (QED) is 0.539. The smallest absolute Gasteiger partial charge is 0.119 e. The van der Waals surface area contributed by atoms with Crippen LogP contribution in [0.2, 0.25) is 19.6 Å². The third-order valence-electron chi connectivity index (χ3n) is 1.96. The molecule has 0 aliphatic carbocycles. The Bertz CT molecular complexity index is 109. The van der Waals surface area contributed by atoms with Crippen LogP contribution < -0.4 is 0 Å². The van der Waals surface area contributed by atoms with E-state index in [2.05, 4.69) is 24.2 Å². The Morgan fingerprint density at radius 2 is 1.55 bits per heavy atom. The highest BCUT2D eigenvalue weighted by atomic mass is 28.3. The van der Waals surface area contributed by atoms with Gasteiger partial charge in [-0.25, -0.2) is 0 Å². The minimum Gasteiger partial charge on any atom is -0.379 e. The Balaban J connectivity index is 0.000001000. The molecule has 0 bridgehead atoms. The maximum absolute atomic E-state index is 5.28. The summed E-state index contributed by atoms with van der Waals surface area (Å²) in [4.78, 5) is 0. The molecule has 0 unspecified atom stereocenters. The highest BCUT2D eigenvalue weighted by molar-refractivity contribution is 6.73. The lowest BCUT2D eigenvalue weighted by Crippen LogP contribution is -2.51. The molecule has 4 heteroatoms. The molecule has 1 saturated heterocycles. The van der Waals surface area contributed by atoms with Crippen LogP contribution in [0.1, 0.15) is 0 Å². The number of nitrogens with zero attached hydrogens (tertiary/aromatic N) is 1. The van der Waals surface area contributed by atoms with Crippen molar-refractivity contribution >= 4 is 16.6 Å². The molecule has 1 aliphatic rings. The van der Waals surface area contributed by atoms with E-state index in [1.807, 2.05) is 0 Å². The first-order chi connectivity index (χ1) is 4.61. The predicted octanol–water partition coefficient (Wildman–Crippen LogP) is 0.773. The van der Waals surface area contributed by atoms with Crippen LogP contribution >= 0.6 is 0 Å². The normalized spacial score (nSPS) is 21.0. The predicted molar refractivity (Wildman–Crippen MR) is 51.5 cm³/mol. The van der Waals surface area contributed by atoms with Gasteiger partial charge in [-0.1, -0.05) is 19.6 Å². The molecule has 0 saturated carbocycles. The molecule has 2 nitrogen and oxygen atoms in total. The van der Waals surface area contributed by atoms with Gasteiger partial charge in [-0.2, -0.15) is 0 Å². The Hall–Kier alpha value is 0.202. The van der Waals surface area contributed by atoms with Crippen molar-refractivity contribution in [1.29, 1.82) is 0 Å². The van der Waals surface area contributed by atoms with Crippen molar-refractivity contribution < 1.29 is 4.74 Å². The Morgan fingerprint density at radius 3 is 1.82 bits per heavy atom. The molecule has 0 atom stereocenters. The lowest BCUT2D eigenvalue weighted by atomic mass is 10.5. The van der Waals surface area contributed by atoms with Crippen molar-refractivity contribution in [3.63, 3.8) is 0 Å². The molecular weight excluding hydrogens is 153 g/mol. The molecule has 1 heterocycles. The molecule has 0 aromatic heterocycles. The molecule has 0 spiro atoms. The van der Waals surface area contributed by atoms with Gasteiger partial charge in [-0.05, 0) is 0 Å². The highest BCUT2D eigenvalue weighted by Gasteiger charge is 2.24. The van der Waals surface area contributed by atoms with Gasteiger partial charge < -0.3 is 9.30 Å². The topological polar surface area (TPSA) is 12.5 Å². The van der Waals surface area contributed by atoms with Crippen molar-refractivity contribution in [2.24, 2.45) is 0 Å². The molecule has 11 heavy (non-hydrogen) atoms. The summed E-state index contributed by atoms with van der Waals surface area (Å²) in [7, 11) is -1.00. The maximum Gasteiger partial charge on any atom is 0.119 e. The minimum absolute atomic E-state index is 0. The van der Waals surface area contributed by atoms with E-state index >= 15 is 0 Å². The second-order valence-corrected chi connectivity index (χ2v) is 8.74. The molecule has 63 valence electrons. The van der Waals surface area contributed by atoms with Crippen molar-refractivity contribution in [1.82, 2.24) is 4.57 Å². The van der Waals surface area contributed by atoms with Gasteiger partial charge >= 0.3 is 0 Å². The van der Waals surface area contributed by atoms with E-state index in [9.17, 15) is 0 Å². The summed E-state index contributed by atoms with van der Waals surface area (Å²) in [5.41, 5.74) is 0. The lowest BCUT2D eigenvalue weighted by Gasteiger charge is -2.36. The molecule has 3 radical (unpaired) electrons. The maximum atomic E-state index is 5.28. The van der Waals surface area contributed by atoms with Crippen LogP contribution in [0, 0.1) is 0 Å². The van der Waals surface area contributed by atoms with E-state index in [1.165, 1.54) is 0 Å². The summed E-state index contributed by atoms with van der Waals surface area (Å²) >= 11 is 0. The number of morpholine rings is 1. The zero-order valence-electron chi connectivity index (χ0n) is 7.76. The summed E-state index contributed by atoms with van der Waals surface area (Å²) in [5, 5.41) is 0. The van der Waals surface area contributed by atoms with Gasteiger partial charge in [0.1, 0.15) is 8.24 Å². The first-order valence-electron chi connectivity index (χ1n) is 3.93. The van der Waals surface area contributed by atoms with E-state index in [0.717, 1.165) is 26.3 Å². The fraction of sp³-hybridized carbons (Fsp3) is 1.00. The van der Waals surface area contributed by atoms with Crippen LogP contribution in [0.15, 0.2) is 0 Å². The summed E-state index contributed by atoms with van der Waals surface area (Å²) in [6, 6.07) is 0. The largest absolute Gasteiger partial charge is 0.379 e. The minimum atomic E-state index is -1.00. The van der Waals surface area contributed by atoms with Gasteiger partial charge in [-0.3, -0.25) is 0 Å². The van der Waals surface area contributed by atoms with E-state index in [-0.39, 0.29) is 8.41 Å². The van der Waals surface area contributed by atoms with Crippen molar-refractivity contribution in [2.75, 3.05) is 26.3 Å².